The van der Waals surface area contributed by atoms with E-state index < -0.39 is 11.6 Å². The molecule has 0 radical (unpaired) electrons. The number of nitrogens with zero attached hydrogens (tertiary/aromatic N) is 2. The first-order valence-corrected chi connectivity index (χ1v) is 7.93. The van der Waals surface area contributed by atoms with Gasteiger partial charge in [-0.05, 0) is 12.1 Å². The molecule has 1 aliphatic heterocycles. The smallest absolute Gasteiger partial charge is 0.253 e. The molecule has 0 bridgehead atoms. The van der Waals surface area contributed by atoms with Crippen LogP contribution in [0.15, 0.2) is 30.5 Å². The molecule has 6 nitrogen and oxygen atoms in total. The Bertz CT molecular complexity index is 993. The first-order valence-electron chi connectivity index (χ1n) is 7.93. The zero-order chi connectivity index (χ0) is 18.3. The highest BCUT2D eigenvalue weighted by atomic mass is 19.1. The molecule has 1 aliphatic rings. The van der Waals surface area contributed by atoms with Crippen LogP contribution in [-0.4, -0.2) is 34.5 Å². The number of halogens is 2. The lowest BCUT2D eigenvalue weighted by molar-refractivity contribution is 0.0946. The second kappa shape index (κ2) is 6.21. The number of nitrogens with one attached hydrogen (secondary N) is 2. The largest absolute Gasteiger partial charge is 0.497 e. The van der Waals surface area contributed by atoms with Crippen LogP contribution in [-0.2, 0) is 6.42 Å². The average molecular weight is 356 g/mol. The second-order valence-corrected chi connectivity index (χ2v) is 5.81. The molecule has 0 saturated heterocycles. The summed E-state index contributed by atoms with van der Waals surface area (Å²) in [6.07, 6.45) is 2.10. The summed E-state index contributed by atoms with van der Waals surface area (Å²) in [5, 5.41) is 2.76. The fraction of sp³-hybridized carbons (Fsp3) is 0.167. The van der Waals surface area contributed by atoms with E-state index in [9.17, 15) is 13.6 Å². The SMILES string of the molecule is COc1cc(F)c(-c2nccc(-c3cc4c([nH]3)CCNC4=O)n2)c(F)c1. The number of carbonyl (C=O) groups excluding carboxylic acids is 1. The van der Waals surface area contributed by atoms with E-state index in [1.165, 1.54) is 13.3 Å². The van der Waals surface area contributed by atoms with Gasteiger partial charge in [-0.25, -0.2) is 18.7 Å². The number of carbonyl (C=O) groups is 1. The predicted octanol–water partition coefficient (Wildman–Crippen LogP) is 2.71. The number of H-pyrrole nitrogens is 1. The summed E-state index contributed by atoms with van der Waals surface area (Å²) < 4.78 is 33.4. The van der Waals surface area contributed by atoms with Crippen molar-refractivity contribution in [3.63, 3.8) is 0 Å². The molecule has 4 rings (SSSR count). The number of hydrogen-bond donors (Lipinski definition) is 2. The number of aromatic amines is 1. The molecule has 0 unspecified atom stereocenters. The van der Waals surface area contributed by atoms with E-state index in [1.807, 2.05) is 0 Å². The minimum absolute atomic E-state index is 0.0722. The van der Waals surface area contributed by atoms with Crippen molar-refractivity contribution in [1.29, 1.82) is 0 Å². The van der Waals surface area contributed by atoms with Crippen LogP contribution in [0.5, 0.6) is 5.75 Å². The highest BCUT2D eigenvalue weighted by Gasteiger charge is 2.21. The van der Waals surface area contributed by atoms with Gasteiger partial charge in [0.2, 0.25) is 0 Å². The number of aromatic nitrogens is 3. The van der Waals surface area contributed by atoms with Gasteiger partial charge in [-0.1, -0.05) is 0 Å². The first kappa shape index (κ1) is 16.2. The van der Waals surface area contributed by atoms with Crippen molar-refractivity contribution in [2.24, 2.45) is 0 Å². The summed E-state index contributed by atoms with van der Waals surface area (Å²) in [4.78, 5) is 23.3. The molecule has 0 saturated carbocycles. The summed E-state index contributed by atoms with van der Waals surface area (Å²) in [5.74, 6) is -1.80. The van der Waals surface area contributed by atoms with Crippen LogP contribution in [0.25, 0.3) is 22.8 Å². The molecular formula is C18H14F2N4O2. The Morgan fingerprint density at radius 3 is 2.65 bits per heavy atom. The van der Waals surface area contributed by atoms with Crippen molar-refractivity contribution in [1.82, 2.24) is 20.3 Å². The van der Waals surface area contributed by atoms with Gasteiger partial charge in [0.25, 0.3) is 5.91 Å². The first-order chi connectivity index (χ1) is 12.6. The molecule has 0 spiro atoms. The van der Waals surface area contributed by atoms with Gasteiger partial charge >= 0.3 is 0 Å². The van der Waals surface area contributed by atoms with Crippen molar-refractivity contribution < 1.29 is 18.3 Å². The molecule has 26 heavy (non-hydrogen) atoms. The van der Waals surface area contributed by atoms with Gasteiger partial charge in [-0.2, -0.15) is 0 Å². The van der Waals surface area contributed by atoms with E-state index in [0.717, 1.165) is 17.8 Å². The maximum atomic E-state index is 14.3. The Morgan fingerprint density at radius 2 is 1.96 bits per heavy atom. The van der Waals surface area contributed by atoms with E-state index in [-0.39, 0.29) is 23.0 Å². The van der Waals surface area contributed by atoms with Gasteiger partial charge in [0.1, 0.15) is 17.4 Å². The van der Waals surface area contributed by atoms with Crippen LogP contribution in [0, 0.1) is 11.6 Å². The molecule has 132 valence electrons. The van der Waals surface area contributed by atoms with E-state index in [2.05, 4.69) is 20.3 Å². The molecular weight excluding hydrogens is 342 g/mol. The Labute approximate surface area is 147 Å². The third kappa shape index (κ3) is 2.69. The monoisotopic (exact) mass is 356 g/mol. The highest BCUT2D eigenvalue weighted by Crippen LogP contribution is 2.29. The van der Waals surface area contributed by atoms with Gasteiger partial charge in [0.15, 0.2) is 5.82 Å². The minimum Gasteiger partial charge on any atom is -0.497 e. The van der Waals surface area contributed by atoms with Crippen LogP contribution in [0.3, 0.4) is 0 Å². The molecule has 1 amide bonds. The number of benzene rings is 1. The van der Waals surface area contributed by atoms with Crippen LogP contribution >= 0.6 is 0 Å². The van der Waals surface area contributed by atoms with Crippen LogP contribution in [0.1, 0.15) is 16.1 Å². The second-order valence-electron chi connectivity index (χ2n) is 5.81. The molecule has 0 fully saturated rings. The Hall–Kier alpha value is -3.29. The molecule has 0 aliphatic carbocycles. The summed E-state index contributed by atoms with van der Waals surface area (Å²) in [5.41, 5.74) is 2.05. The van der Waals surface area contributed by atoms with Crippen LogP contribution in [0.4, 0.5) is 8.78 Å². The molecule has 0 atom stereocenters. The molecule has 3 aromatic rings. The Kier molecular flexibility index (Phi) is 3.87. The molecule has 3 heterocycles. The number of hydrogen-bond acceptors (Lipinski definition) is 4. The van der Waals surface area contributed by atoms with Gasteiger partial charge in [-0.15, -0.1) is 0 Å². The fourth-order valence-electron chi connectivity index (χ4n) is 2.94. The van der Waals surface area contributed by atoms with Crippen molar-refractivity contribution in [3.8, 4) is 28.5 Å². The van der Waals surface area contributed by atoms with Gasteiger partial charge in [0.05, 0.1) is 29.6 Å². The minimum atomic E-state index is -0.816. The lowest BCUT2D eigenvalue weighted by Crippen LogP contribution is -2.31. The quantitative estimate of drug-likeness (QED) is 0.756. The zero-order valence-electron chi connectivity index (χ0n) is 13.8. The maximum absolute atomic E-state index is 14.3. The summed E-state index contributed by atoms with van der Waals surface area (Å²) in [6, 6.07) is 5.44. The van der Waals surface area contributed by atoms with Crippen LogP contribution in [0.2, 0.25) is 0 Å². The summed E-state index contributed by atoms with van der Waals surface area (Å²) in [7, 11) is 1.33. The zero-order valence-corrected chi connectivity index (χ0v) is 13.8. The maximum Gasteiger partial charge on any atom is 0.253 e. The number of amides is 1. The molecule has 2 N–H and O–H groups in total. The average Bonchev–Trinajstić information content (AvgIpc) is 3.07. The Balaban J connectivity index is 1.78. The van der Waals surface area contributed by atoms with Gasteiger partial charge in [-0.3, -0.25) is 4.79 Å². The normalized spacial score (nSPS) is 13.3. The van der Waals surface area contributed by atoms with E-state index in [1.54, 1.807) is 12.1 Å². The Morgan fingerprint density at radius 1 is 1.19 bits per heavy atom. The lowest BCUT2D eigenvalue weighted by atomic mass is 10.1. The lowest BCUT2D eigenvalue weighted by Gasteiger charge is -2.10. The third-order valence-corrected chi connectivity index (χ3v) is 4.21. The van der Waals surface area contributed by atoms with Crippen molar-refractivity contribution in [2.75, 3.05) is 13.7 Å². The molecule has 1 aromatic carbocycles. The topological polar surface area (TPSA) is 79.9 Å². The van der Waals surface area contributed by atoms with Crippen molar-refractivity contribution in [2.45, 2.75) is 6.42 Å². The van der Waals surface area contributed by atoms with E-state index >= 15 is 0 Å². The highest BCUT2D eigenvalue weighted by molar-refractivity contribution is 5.97. The van der Waals surface area contributed by atoms with E-state index in [0.29, 0.717) is 29.9 Å². The number of fused-ring (bicyclic) bond motifs is 1. The standard InChI is InChI=1S/C18H14F2N4O2/c1-26-9-6-11(19)16(12(20)7-9)17-21-4-3-14(24-17)15-8-10-13(23-15)2-5-22-18(10)25/h3-4,6-8,23H,2,5H2,1H3,(H,22,25). The molecule has 2 aromatic heterocycles. The van der Waals surface area contributed by atoms with Gasteiger partial charge in [0, 0.05) is 37.0 Å². The summed E-state index contributed by atoms with van der Waals surface area (Å²) >= 11 is 0. The van der Waals surface area contributed by atoms with E-state index in [4.69, 9.17) is 4.74 Å². The predicted molar refractivity (Wildman–Crippen MR) is 89.8 cm³/mol. The number of rotatable bonds is 3. The van der Waals surface area contributed by atoms with Crippen molar-refractivity contribution >= 4 is 5.91 Å². The summed E-state index contributed by atoms with van der Waals surface area (Å²) in [6.45, 7) is 0.559. The fourth-order valence-corrected chi connectivity index (χ4v) is 2.94. The number of methoxy groups -OCH3 is 1. The molecule has 8 heteroatoms. The van der Waals surface area contributed by atoms with Crippen molar-refractivity contribution in [3.05, 3.63) is 53.4 Å². The van der Waals surface area contributed by atoms with Gasteiger partial charge < -0.3 is 15.0 Å². The van der Waals surface area contributed by atoms with Crippen LogP contribution < -0.4 is 10.1 Å². The number of ether oxygens (including phenoxy) is 1. The third-order valence-electron chi connectivity index (χ3n) is 4.21.